The van der Waals surface area contributed by atoms with Crippen LogP contribution in [0.2, 0.25) is 0 Å². The van der Waals surface area contributed by atoms with Gasteiger partial charge in [0.05, 0.1) is 30.0 Å². The molecule has 4 rings (SSSR count). The van der Waals surface area contributed by atoms with Gasteiger partial charge in [0.15, 0.2) is 0 Å². The average Bonchev–Trinajstić information content (AvgIpc) is 2.75. The fraction of sp³-hybridized carbons (Fsp3) is 0.0870. The lowest BCUT2D eigenvalue weighted by Gasteiger charge is -2.11. The summed E-state index contributed by atoms with van der Waals surface area (Å²) in [5.41, 5.74) is 5.63. The third-order valence-electron chi connectivity index (χ3n) is 4.58. The Morgan fingerprint density at radius 2 is 1.71 bits per heavy atom. The number of hydrogen-bond donors (Lipinski definition) is 1. The molecule has 0 aliphatic carbocycles. The Hall–Kier alpha value is -3.73. The minimum atomic E-state index is -0.174. The van der Waals surface area contributed by atoms with Gasteiger partial charge in [0.1, 0.15) is 5.75 Å². The molecule has 28 heavy (non-hydrogen) atoms. The van der Waals surface area contributed by atoms with Crippen LogP contribution in [0.5, 0.6) is 5.75 Å². The number of aromatic nitrogens is 2. The van der Waals surface area contributed by atoms with E-state index in [0.717, 1.165) is 33.5 Å². The van der Waals surface area contributed by atoms with E-state index in [-0.39, 0.29) is 5.91 Å². The van der Waals surface area contributed by atoms with Gasteiger partial charge in [0, 0.05) is 16.8 Å². The van der Waals surface area contributed by atoms with Crippen LogP contribution in [0.4, 0.5) is 5.69 Å². The Morgan fingerprint density at radius 3 is 2.46 bits per heavy atom. The molecule has 0 radical (unpaired) electrons. The zero-order valence-corrected chi connectivity index (χ0v) is 15.6. The van der Waals surface area contributed by atoms with Gasteiger partial charge >= 0.3 is 0 Å². The lowest BCUT2D eigenvalue weighted by Crippen LogP contribution is -2.12. The zero-order chi connectivity index (χ0) is 19.5. The van der Waals surface area contributed by atoms with Gasteiger partial charge in [-0.1, -0.05) is 24.3 Å². The van der Waals surface area contributed by atoms with E-state index in [4.69, 9.17) is 4.74 Å². The number of hydrogen-bond acceptors (Lipinski definition) is 4. The Bertz CT molecular complexity index is 1150. The summed E-state index contributed by atoms with van der Waals surface area (Å²) in [6.07, 6.45) is 1.75. The standard InChI is InChI=1S/C23H19N3O2/c1-15-7-8-17(22-14-24-19-5-3-4-6-20(19)25-22)13-21(15)26-23(27)16-9-11-18(28-2)12-10-16/h3-14H,1-2H3,(H,26,27). The van der Waals surface area contributed by atoms with Crippen LogP contribution in [0.3, 0.4) is 0 Å². The van der Waals surface area contributed by atoms with Crippen LogP contribution in [0, 0.1) is 6.92 Å². The number of carbonyl (C=O) groups is 1. The van der Waals surface area contributed by atoms with Crippen molar-refractivity contribution in [1.29, 1.82) is 0 Å². The minimum Gasteiger partial charge on any atom is -0.497 e. The number of anilines is 1. The zero-order valence-electron chi connectivity index (χ0n) is 15.6. The van der Waals surface area contributed by atoms with Gasteiger partial charge in [0.25, 0.3) is 5.91 Å². The van der Waals surface area contributed by atoms with Crippen molar-refractivity contribution in [2.45, 2.75) is 6.92 Å². The maximum Gasteiger partial charge on any atom is 0.255 e. The molecule has 0 bridgehead atoms. The molecule has 5 heteroatoms. The number of ether oxygens (including phenoxy) is 1. The first-order valence-electron chi connectivity index (χ1n) is 8.92. The molecule has 1 aromatic heterocycles. The molecule has 0 atom stereocenters. The second-order valence-electron chi connectivity index (χ2n) is 6.46. The Labute approximate surface area is 163 Å². The molecule has 1 amide bonds. The normalized spacial score (nSPS) is 10.6. The molecule has 0 fully saturated rings. The fourth-order valence-corrected chi connectivity index (χ4v) is 2.95. The Morgan fingerprint density at radius 1 is 0.964 bits per heavy atom. The topological polar surface area (TPSA) is 64.1 Å². The van der Waals surface area contributed by atoms with Gasteiger partial charge < -0.3 is 10.1 Å². The number of carbonyl (C=O) groups excluding carboxylic acids is 1. The molecule has 0 aliphatic heterocycles. The van der Waals surface area contributed by atoms with Crippen molar-refractivity contribution in [3.05, 3.63) is 84.1 Å². The summed E-state index contributed by atoms with van der Waals surface area (Å²) in [6, 6.07) is 20.6. The number of aryl methyl sites for hydroxylation is 1. The first-order chi connectivity index (χ1) is 13.6. The highest BCUT2D eigenvalue weighted by molar-refractivity contribution is 6.05. The maximum atomic E-state index is 12.6. The highest BCUT2D eigenvalue weighted by atomic mass is 16.5. The minimum absolute atomic E-state index is 0.174. The van der Waals surface area contributed by atoms with Crippen molar-refractivity contribution in [1.82, 2.24) is 9.97 Å². The molecule has 0 saturated carbocycles. The Balaban J connectivity index is 1.63. The summed E-state index contributed by atoms with van der Waals surface area (Å²) in [4.78, 5) is 21.8. The van der Waals surface area contributed by atoms with E-state index in [1.54, 1.807) is 37.6 Å². The molecular weight excluding hydrogens is 350 g/mol. The van der Waals surface area contributed by atoms with Crippen LogP contribution in [-0.2, 0) is 0 Å². The van der Waals surface area contributed by atoms with E-state index < -0.39 is 0 Å². The van der Waals surface area contributed by atoms with Gasteiger partial charge in [-0.15, -0.1) is 0 Å². The van der Waals surface area contributed by atoms with Crippen LogP contribution in [0.15, 0.2) is 72.9 Å². The summed E-state index contributed by atoms with van der Waals surface area (Å²) < 4.78 is 5.14. The van der Waals surface area contributed by atoms with Gasteiger partial charge in [0.2, 0.25) is 0 Å². The molecule has 138 valence electrons. The summed E-state index contributed by atoms with van der Waals surface area (Å²) in [7, 11) is 1.60. The number of para-hydroxylation sites is 2. The van der Waals surface area contributed by atoms with Crippen LogP contribution in [0.1, 0.15) is 15.9 Å². The molecular formula is C23H19N3O2. The molecule has 4 aromatic rings. The van der Waals surface area contributed by atoms with Crippen LogP contribution in [0.25, 0.3) is 22.3 Å². The number of rotatable bonds is 4. The fourth-order valence-electron chi connectivity index (χ4n) is 2.95. The van der Waals surface area contributed by atoms with E-state index in [2.05, 4.69) is 15.3 Å². The first-order valence-corrected chi connectivity index (χ1v) is 8.92. The first kappa shape index (κ1) is 17.7. The number of fused-ring (bicyclic) bond motifs is 1. The SMILES string of the molecule is COc1ccc(C(=O)Nc2cc(-c3cnc4ccccc4n3)ccc2C)cc1. The van der Waals surface area contributed by atoms with Crippen LogP contribution >= 0.6 is 0 Å². The highest BCUT2D eigenvalue weighted by Gasteiger charge is 2.10. The van der Waals surface area contributed by atoms with E-state index >= 15 is 0 Å². The van der Waals surface area contributed by atoms with E-state index in [1.807, 2.05) is 49.4 Å². The monoisotopic (exact) mass is 369 g/mol. The summed E-state index contributed by atoms with van der Waals surface area (Å²) >= 11 is 0. The summed E-state index contributed by atoms with van der Waals surface area (Å²) in [5.74, 6) is 0.539. The quantitative estimate of drug-likeness (QED) is 0.558. The lowest BCUT2D eigenvalue weighted by molar-refractivity contribution is 0.102. The number of nitrogens with one attached hydrogen (secondary N) is 1. The number of amides is 1. The second-order valence-corrected chi connectivity index (χ2v) is 6.46. The summed E-state index contributed by atoms with van der Waals surface area (Å²) in [5, 5.41) is 2.98. The number of nitrogens with zero attached hydrogens (tertiary/aromatic N) is 2. The molecule has 0 unspecified atom stereocenters. The predicted octanol–water partition coefficient (Wildman–Crippen LogP) is 4.87. The molecule has 0 aliphatic rings. The van der Waals surface area contributed by atoms with Crippen molar-refractivity contribution in [2.24, 2.45) is 0 Å². The molecule has 1 heterocycles. The lowest BCUT2D eigenvalue weighted by atomic mass is 10.1. The van der Waals surface area contributed by atoms with Crippen LogP contribution < -0.4 is 10.1 Å². The molecule has 3 aromatic carbocycles. The Kier molecular flexibility index (Phi) is 4.72. The van der Waals surface area contributed by atoms with Crippen molar-refractivity contribution in [2.75, 3.05) is 12.4 Å². The van der Waals surface area contributed by atoms with Crippen molar-refractivity contribution < 1.29 is 9.53 Å². The van der Waals surface area contributed by atoms with Gasteiger partial charge in [-0.25, -0.2) is 4.98 Å². The number of methoxy groups -OCH3 is 1. The van der Waals surface area contributed by atoms with Gasteiger partial charge in [-0.05, 0) is 55.0 Å². The van der Waals surface area contributed by atoms with Crippen molar-refractivity contribution in [3.63, 3.8) is 0 Å². The highest BCUT2D eigenvalue weighted by Crippen LogP contribution is 2.25. The third-order valence-corrected chi connectivity index (χ3v) is 4.58. The molecule has 0 spiro atoms. The second kappa shape index (κ2) is 7.48. The predicted molar refractivity (Wildman–Crippen MR) is 111 cm³/mol. The maximum absolute atomic E-state index is 12.6. The average molecular weight is 369 g/mol. The van der Waals surface area contributed by atoms with Gasteiger partial charge in [-0.3, -0.25) is 9.78 Å². The largest absolute Gasteiger partial charge is 0.497 e. The molecule has 1 N–H and O–H groups in total. The molecule has 5 nitrogen and oxygen atoms in total. The van der Waals surface area contributed by atoms with Crippen molar-refractivity contribution >= 4 is 22.6 Å². The van der Waals surface area contributed by atoms with E-state index in [9.17, 15) is 4.79 Å². The van der Waals surface area contributed by atoms with E-state index in [1.165, 1.54) is 0 Å². The van der Waals surface area contributed by atoms with Crippen LogP contribution in [-0.4, -0.2) is 23.0 Å². The summed E-state index contributed by atoms with van der Waals surface area (Å²) in [6.45, 7) is 1.96. The molecule has 0 saturated heterocycles. The van der Waals surface area contributed by atoms with Crippen molar-refractivity contribution in [3.8, 4) is 17.0 Å². The number of benzene rings is 3. The van der Waals surface area contributed by atoms with E-state index in [0.29, 0.717) is 11.3 Å². The third kappa shape index (κ3) is 3.55. The van der Waals surface area contributed by atoms with Gasteiger partial charge in [-0.2, -0.15) is 0 Å². The smallest absolute Gasteiger partial charge is 0.255 e.